The Balaban J connectivity index is 2.44. The maximum Gasteiger partial charge on any atom is 0.0861 e. The minimum Gasteiger partial charge on any atom is -0.394 e. The molecular weight excluding hydrogens is 300 g/mol. The highest BCUT2D eigenvalue weighted by molar-refractivity contribution is 9.10. The van der Waals surface area contributed by atoms with Crippen molar-refractivity contribution in [3.63, 3.8) is 0 Å². The molecule has 5 heteroatoms. The molecule has 15 heavy (non-hydrogen) atoms. The van der Waals surface area contributed by atoms with E-state index in [4.69, 9.17) is 21.8 Å². The molecule has 0 amide bonds. The fraction of sp³-hybridized carbons (Fsp3) is 0.400. The molecule has 1 aromatic rings. The summed E-state index contributed by atoms with van der Waals surface area (Å²) in [6, 6.07) is 5.73. The van der Waals surface area contributed by atoms with Crippen molar-refractivity contribution in [2.75, 3.05) is 12.4 Å². The fourth-order valence-electron chi connectivity index (χ4n) is 0.996. The van der Waals surface area contributed by atoms with Gasteiger partial charge >= 0.3 is 0 Å². The van der Waals surface area contributed by atoms with Crippen LogP contribution in [0.4, 0.5) is 0 Å². The number of hydrogen-bond donors (Lipinski definition) is 2. The van der Waals surface area contributed by atoms with E-state index < -0.39 is 6.10 Å². The summed E-state index contributed by atoms with van der Waals surface area (Å²) in [7, 11) is 0. The molecule has 2 nitrogen and oxygen atoms in total. The Labute approximate surface area is 107 Å². The van der Waals surface area contributed by atoms with Crippen LogP contribution in [0.15, 0.2) is 22.7 Å². The average molecular weight is 312 g/mol. The van der Waals surface area contributed by atoms with Gasteiger partial charge in [0, 0.05) is 21.0 Å². The van der Waals surface area contributed by atoms with Crippen LogP contribution in [-0.2, 0) is 5.75 Å². The Morgan fingerprint density at radius 1 is 1.47 bits per heavy atom. The van der Waals surface area contributed by atoms with Gasteiger partial charge in [0.2, 0.25) is 0 Å². The number of hydrogen-bond acceptors (Lipinski definition) is 3. The Morgan fingerprint density at radius 3 is 2.80 bits per heavy atom. The van der Waals surface area contributed by atoms with Gasteiger partial charge in [0.25, 0.3) is 0 Å². The Hall–Kier alpha value is 0.260. The monoisotopic (exact) mass is 310 g/mol. The highest BCUT2D eigenvalue weighted by Crippen LogP contribution is 2.25. The molecule has 1 atom stereocenters. The number of thioether (sulfide) groups is 1. The first-order chi connectivity index (χ1) is 7.13. The second-order valence-electron chi connectivity index (χ2n) is 3.09. The SMILES string of the molecule is OCC(O)CSCc1ccc(Br)cc1Cl. The third-order valence-electron chi connectivity index (χ3n) is 1.79. The van der Waals surface area contributed by atoms with E-state index in [9.17, 15) is 0 Å². The summed E-state index contributed by atoms with van der Waals surface area (Å²) in [5.41, 5.74) is 1.04. The molecule has 0 spiro atoms. The number of benzene rings is 1. The number of aliphatic hydroxyl groups is 2. The third-order valence-corrected chi connectivity index (χ3v) is 3.77. The van der Waals surface area contributed by atoms with Crippen LogP contribution in [0.2, 0.25) is 5.02 Å². The molecule has 0 aromatic heterocycles. The molecule has 2 N–H and O–H groups in total. The normalized spacial score (nSPS) is 12.8. The van der Waals surface area contributed by atoms with Crippen molar-refractivity contribution < 1.29 is 10.2 Å². The molecule has 0 heterocycles. The molecule has 0 aliphatic heterocycles. The van der Waals surface area contributed by atoms with E-state index in [0.29, 0.717) is 5.75 Å². The highest BCUT2D eigenvalue weighted by atomic mass is 79.9. The van der Waals surface area contributed by atoms with E-state index in [-0.39, 0.29) is 6.61 Å². The van der Waals surface area contributed by atoms with Gasteiger partial charge in [-0.2, -0.15) is 11.8 Å². The zero-order chi connectivity index (χ0) is 11.3. The van der Waals surface area contributed by atoms with Crippen LogP contribution in [0.3, 0.4) is 0 Å². The molecule has 0 aliphatic rings. The van der Waals surface area contributed by atoms with Gasteiger partial charge in [-0.3, -0.25) is 0 Å². The van der Waals surface area contributed by atoms with Gasteiger partial charge in [0.15, 0.2) is 0 Å². The molecule has 0 saturated heterocycles. The molecular formula is C10H12BrClO2S. The van der Waals surface area contributed by atoms with Gasteiger partial charge in [-0.25, -0.2) is 0 Å². The summed E-state index contributed by atoms with van der Waals surface area (Å²) in [6.45, 7) is -0.193. The molecule has 0 saturated carbocycles. The molecule has 1 aromatic carbocycles. The second kappa shape index (κ2) is 6.76. The first kappa shape index (κ1) is 13.3. The summed E-state index contributed by atoms with van der Waals surface area (Å²) >= 11 is 10.9. The topological polar surface area (TPSA) is 40.5 Å². The zero-order valence-electron chi connectivity index (χ0n) is 7.99. The largest absolute Gasteiger partial charge is 0.394 e. The van der Waals surface area contributed by atoms with Crippen LogP contribution in [0.5, 0.6) is 0 Å². The quantitative estimate of drug-likeness (QED) is 0.878. The standard InChI is InChI=1S/C10H12BrClO2S/c11-8-2-1-7(10(12)3-8)5-15-6-9(14)4-13/h1-3,9,13-14H,4-6H2. The molecule has 0 bridgehead atoms. The van der Waals surface area contributed by atoms with E-state index in [1.807, 2.05) is 18.2 Å². The lowest BCUT2D eigenvalue weighted by atomic mass is 10.2. The van der Waals surface area contributed by atoms with Gasteiger partial charge in [-0.15, -0.1) is 0 Å². The van der Waals surface area contributed by atoms with Crippen molar-refractivity contribution in [2.45, 2.75) is 11.9 Å². The van der Waals surface area contributed by atoms with Crippen LogP contribution in [0.25, 0.3) is 0 Å². The van der Waals surface area contributed by atoms with Gasteiger partial charge < -0.3 is 10.2 Å². The number of halogens is 2. The Bertz CT molecular complexity index is 322. The number of aliphatic hydroxyl groups excluding tert-OH is 2. The average Bonchev–Trinajstić information content (AvgIpc) is 2.21. The third kappa shape index (κ3) is 4.74. The van der Waals surface area contributed by atoms with E-state index in [0.717, 1.165) is 20.8 Å². The fourth-order valence-corrected chi connectivity index (χ4v) is 2.78. The minimum absolute atomic E-state index is 0.193. The van der Waals surface area contributed by atoms with Crippen molar-refractivity contribution in [1.29, 1.82) is 0 Å². The minimum atomic E-state index is -0.649. The van der Waals surface area contributed by atoms with Gasteiger partial charge in [0.1, 0.15) is 0 Å². The summed E-state index contributed by atoms with van der Waals surface area (Å²) in [5.74, 6) is 1.26. The first-order valence-electron chi connectivity index (χ1n) is 4.44. The maximum atomic E-state index is 9.14. The Kier molecular flexibility index (Phi) is 6.00. The van der Waals surface area contributed by atoms with Crippen LogP contribution in [0.1, 0.15) is 5.56 Å². The first-order valence-corrected chi connectivity index (χ1v) is 6.76. The van der Waals surface area contributed by atoms with Crippen LogP contribution >= 0.6 is 39.3 Å². The van der Waals surface area contributed by atoms with Crippen LogP contribution in [0, 0.1) is 0 Å². The van der Waals surface area contributed by atoms with Crippen molar-refractivity contribution in [1.82, 2.24) is 0 Å². The molecule has 0 radical (unpaired) electrons. The molecule has 0 fully saturated rings. The molecule has 1 rings (SSSR count). The molecule has 0 aliphatic carbocycles. The summed E-state index contributed by atoms with van der Waals surface area (Å²) < 4.78 is 0.955. The summed E-state index contributed by atoms with van der Waals surface area (Å²) in [6.07, 6.45) is -0.649. The lowest BCUT2D eigenvalue weighted by molar-refractivity contribution is 0.113. The van der Waals surface area contributed by atoms with Crippen LogP contribution < -0.4 is 0 Å². The van der Waals surface area contributed by atoms with Crippen LogP contribution in [-0.4, -0.2) is 28.7 Å². The maximum absolute atomic E-state index is 9.14. The van der Waals surface area contributed by atoms with E-state index in [1.54, 1.807) is 11.8 Å². The van der Waals surface area contributed by atoms with Crippen molar-refractivity contribution in [3.8, 4) is 0 Å². The zero-order valence-corrected chi connectivity index (χ0v) is 11.1. The lowest BCUT2D eigenvalue weighted by Crippen LogP contribution is -2.14. The molecule has 84 valence electrons. The van der Waals surface area contributed by atoms with Crippen molar-refractivity contribution in [3.05, 3.63) is 33.3 Å². The predicted octanol–water partition coefficient (Wildman–Crippen LogP) is 2.69. The number of rotatable bonds is 5. The van der Waals surface area contributed by atoms with Gasteiger partial charge in [-0.1, -0.05) is 33.6 Å². The second-order valence-corrected chi connectivity index (χ2v) is 5.44. The molecule has 1 unspecified atom stereocenters. The summed E-state index contributed by atoms with van der Waals surface area (Å²) in [4.78, 5) is 0. The van der Waals surface area contributed by atoms with Crippen molar-refractivity contribution >= 4 is 39.3 Å². The highest BCUT2D eigenvalue weighted by Gasteiger charge is 2.04. The van der Waals surface area contributed by atoms with E-state index >= 15 is 0 Å². The lowest BCUT2D eigenvalue weighted by Gasteiger charge is -2.07. The summed E-state index contributed by atoms with van der Waals surface area (Å²) in [5, 5.41) is 18.5. The van der Waals surface area contributed by atoms with Gasteiger partial charge in [0.05, 0.1) is 12.7 Å². The van der Waals surface area contributed by atoms with Crippen molar-refractivity contribution in [2.24, 2.45) is 0 Å². The van der Waals surface area contributed by atoms with Gasteiger partial charge in [-0.05, 0) is 17.7 Å². The smallest absolute Gasteiger partial charge is 0.0861 e. The Morgan fingerprint density at radius 2 is 2.20 bits per heavy atom. The van der Waals surface area contributed by atoms with E-state index in [1.165, 1.54) is 0 Å². The predicted molar refractivity (Wildman–Crippen MR) is 68.4 cm³/mol. The van der Waals surface area contributed by atoms with E-state index in [2.05, 4.69) is 15.9 Å².